The van der Waals surface area contributed by atoms with Crippen LogP contribution in [0.25, 0.3) is 0 Å². The Bertz CT molecular complexity index is 920. The van der Waals surface area contributed by atoms with Crippen LogP contribution >= 0.6 is 0 Å². The van der Waals surface area contributed by atoms with Gasteiger partial charge >= 0.3 is 29.9 Å². The van der Waals surface area contributed by atoms with Gasteiger partial charge in [0.15, 0.2) is 0 Å². The Hall–Kier alpha value is -2.61. The van der Waals surface area contributed by atoms with E-state index in [0.717, 1.165) is 5.56 Å². The van der Waals surface area contributed by atoms with Crippen LogP contribution in [0.4, 0.5) is 48.3 Å². The van der Waals surface area contributed by atoms with Crippen LogP contribution in [0.2, 0.25) is 0 Å². The van der Waals surface area contributed by atoms with Gasteiger partial charge in [0.05, 0.1) is 0 Å². The lowest BCUT2D eigenvalue weighted by molar-refractivity contribution is -0.417. The number of hydrogen-bond acceptors (Lipinski definition) is 2. The van der Waals surface area contributed by atoms with Gasteiger partial charge in [0.1, 0.15) is 0 Å². The van der Waals surface area contributed by atoms with Crippen LogP contribution in [0.1, 0.15) is 37.7 Å². The van der Waals surface area contributed by atoms with Crippen molar-refractivity contribution in [3.8, 4) is 0 Å². The number of carbonyl (C=O) groups excluding carboxylic acids is 2. The minimum Gasteiger partial charge on any atom is -0.351 e. The first kappa shape index (κ1) is 29.6. The molecule has 36 heavy (non-hydrogen) atoms. The number of carbonyl (C=O) groups is 2. The second-order valence-electron chi connectivity index (χ2n) is 8.32. The van der Waals surface area contributed by atoms with Gasteiger partial charge < -0.3 is 10.6 Å². The van der Waals surface area contributed by atoms with Gasteiger partial charge in [-0.2, -0.15) is 48.3 Å². The smallest absolute Gasteiger partial charge is 0.351 e. The zero-order chi connectivity index (χ0) is 27.6. The van der Waals surface area contributed by atoms with Crippen molar-refractivity contribution in [2.75, 3.05) is 0 Å². The van der Waals surface area contributed by atoms with E-state index >= 15 is 0 Å². The maximum Gasteiger partial charge on any atom is 0.460 e. The van der Waals surface area contributed by atoms with Gasteiger partial charge in [0, 0.05) is 18.5 Å². The average Bonchev–Trinajstić information content (AvgIpc) is 2.78. The normalized spacial score (nSPS) is 20.1. The van der Waals surface area contributed by atoms with Crippen LogP contribution in [-0.2, 0) is 16.0 Å². The maximum atomic E-state index is 14.0. The van der Waals surface area contributed by atoms with Gasteiger partial charge in [-0.3, -0.25) is 9.59 Å². The van der Waals surface area contributed by atoms with E-state index < -0.39 is 53.8 Å². The molecule has 4 nitrogen and oxygen atoms in total. The van der Waals surface area contributed by atoms with E-state index in [1.165, 1.54) is 5.32 Å². The number of aryl methyl sites for hydroxylation is 1. The van der Waals surface area contributed by atoms with Crippen LogP contribution in [0.15, 0.2) is 30.3 Å². The van der Waals surface area contributed by atoms with Gasteiger partial charge in [0.2, 0.25) is 5.91 Å². The Kier molecular flexibility index (Phi) is 8.56. The summed E-state index contributed by atoms with van der Waals surface area (Å²) in [4.78, 5) is 24.1. The summed E-state index contributed by atoms with van der Waals surface area (Å²) in [5.41, 5.74) is 0.777. The number of benzene rings is 1. The molecule has 0 unspecified atom stereocenters. The van der Waals surface area contributed by atoms with Crippen molar-refractivity contribution in [3.63, 3.8) is 0 Å². The molecule has 2 amide bonds. The molecule has 2 rings (SSSR count). The van der Waals surface area contributed by atoms with Crippen LogP contribution in [0.5, 0.6) is 0 Å². The molecule has 0 bridgehead atoms. The summed E-state index contributed by atoms with van der Waals surface area (Å²) in [5, 5.41) is 3.72. The molecular weight excluding hydrogens is 521 g/mol. The van der Waals surface area contributed by atoms with E-state index in [9.17, 15) is 57.9 Å². The Morgan fingerprint density at radius 3 is 1.72 bits per heavy atom. The molecule has 2 N–H and O–H groups in total. The summed E-state index contributed by atoms with van der Waals surface area (Å²) < 4.78 is 145. The number of rotatable bonds is 9. The minimum atomic E-state index is -7.67. The highest BCUT2D eigenvalue weighted by atomic mass is 19.4. The summed E-state index contributed by atoms with van der Waals surface area (Å²) in [6, 6.07) is 6.00. The largest absolute Gasteiger partial charge is 0.460 e. The number of halogens is 11. The van der Waals surface area contributed by atoms with Gasteiger partial charge in [0.25, 0.3) is 5.91 Å². The first-order valence-electron chi connectivity index (χ1n) is 10.6. The van der Waals surface area contributed by atoms with Gasteiger partial charge in [-0.05, 0) is 24.8 Å². The second-order valence-corrected chi connectivity index (χ2v) is 8.32. The third-order valence-corrected chi connectivity index (χ3v) is 5.74. The Morgan fingerprint density at radius 2 is 1.22 bits per heavy atom. The molecule has 0 spiro atoms. The van der Waals surface area contributed by atoms with Gasteiger partial charge in [-0.1, -0.05) is 43.2 Å². The fourth-order valence-electron chi connectivity index (χ4n) is 3.63. The molecular formula is C21H21F11N2O2. The first-order chi connectivity index (χ1) is 16.4. The fraction of sp³-hybridized carbons (Fsp3) is 0.619. The van der Waals surface area contributed by atoms with Gasteiger partial charge in [-0.15, -0.1) is 0 Å². The van der Waals surface area contributed by atoms with Crippen LogP contribution < -0.4 is 10.6 Å². The van der Waals surface area contributed by atoms with E-state index in [2.05, 4.69) is 5.32 Å². The van der Waals surface area contributed by atoms with E-state index in [4.69, 9.17) is 0 Å². The average molecular weight is 542 g/mol. The summed E-state index contributed by atoms with van der Waals surface area (Å²) in [6.45, 7) is 0. The van der Waals surface area contributed by atoms with Gasteiger partial charge in [-0.25, -0.2) is 0 Å². The monoisotopic (exact) mass is 542 g/mol. The van der Waals surface area contributed by atoms with Crippen LogP contribution in [0.3, 0.4) is 0 Å². The lowest BCUT2D eigenvalue weighted by Gasteiger charge is -2.38. The molecule has 1 aromatic rings. The van der Waals surface area contributed by atoms with Crippen molar-refractivity contribution in [2.24, 2.45) is 0 Å². The molecule has 1 aromatic carbocycles. The summed E-state index contributed by atoms with van der Waals surface area (Å²) in [7, 11) is 0. The van der Waals surface area contributed by atoms with Crippen molar-refractivity contribution in [1.29, 1.82) is 0 Å². The van der Waals surface area contributed by atoms with E-state index in [1.54, 1.807) is 30.3 Å². The quantitative estimate of drug-likeness (QED) is 0.418. The Morgan fingerprint density at radius 1 is 0.722 bits per heavy atom. The topological polar surface area (TPSA) is 58.2 Å². The number of amides is 2. The van der Waals surface area contributed by atoms with Crippen LogP contribution in [0, 0.1) is 0 Å². The third-order valence-electron chi connectivity index (χ3n) is 5.74. The SMILES string of the molecule is O=C(CCc1ccccc1)N[C@@H]1CCCC[C@H]1NC(=O)C(F)(F)C(F)(F)C(F)(F)C(F)(F)C(F)(F)F. The Balaban J connectivity index is 2.13. The predicted octanol–water partition coefficient (Wildman–Crippen LogP) is 5.27. The molecule has 1 aliphatic rings. The van der Waals surface area contributed by atoms with E-state index in [-0.39, 0.29) is 32.1 Å². The zero-order valence-corrected chi connectivity index (χ0v) is 18.3. The molecule has 1 aliphatic carbocycles. The lowest BCUT2D eigenvalue weighted by Crippen LogP contribution is -2.70. The highest BCUT2D eigenvalue weighted by Crippen LogP contribution is 2.57. The molecule has 0 aliphatic heterocycles. The first-order valence-corrected chi connectivity index (χ1v) is 10.6. The molecule has 0 radical (unpaired) electrons. The van der Waals surface area contributed by atoms with E-state index in [1.807, 2.05) is 0 Å². The number of hydrogen-bond donors (Lipinski definition) is 2. The summed E-state index contributed by atoms with van der Waals surface area (Å²) in [5.74, 6) is -33.1. The van der Waals surface area contributed by atoms with Crippen molar-refractivity contribution in [3.05, 3.63) is 35.9 Å². The van der Waals surface area contributed by atoms with Crippen molar-refractivity contribution in [1.82, 2.24) is 10.6 Å². The molecule has 0 aromatic heterocycles. The van der Waals surface area contributed by atoms with Crippen LogP contribution in [-0.4, -0.2) is 53.8 Å². The van der Waals surface area contributed by atoms with E-state index in [0.29, 0.717) is 6.42 Å². The predicted molar refractivity (Wildman–Crippen MR) is 103 cm³/mol. The second kappa shape index (κ2) is 10.4. The highest BCUT2D eigenvalue weighted by molar-refractivity contribution is 5.85. The zero-order valence-electron chi connectivity index (χ0n) is 18.3. The lowest BCUT2D eigenvalue weighted by atomic mass is 9.89. The molecule has 15 heteroatoms. The standard InChI is InChI=1S/C21H21F11N2O2/c22-17(23,18(24,25)19(26,27)20(28,29)21(30,31)32)16(36)34-14-9-5-4-8-13(14)33-15(35)11-10-12-6-2-1-3-7-12/h1-3,6-7,13-14H,4-5,8-11H2,(H,33,35)(H,34,36)/t13-,14-/m1/s1. The molecule has 1 fully saturated rings. The third kappa shape index (κ3) is 5.69. The number of alkyl halides is 11. The molecule has 0 saturated heterocycles. The summed E-state index contributed by atoms with van der Waals surface area (Å²) in [6.07, 6.45) is -6.63. The van der Waals surface area contributed by atoms with Crippen molar-refractivity contribution < 1.29 is 57.9 Å². The maximum absolute atomic E-state index is 14.0. The molecule has 0 heterocycles. The molecule has 204 valence electrons. The van der Waals surface area contributed by atoms with Crippen molar-refractivity contribution >= 4 is 11.8 Å². The minimum absolute atomic E-state index is 0.0618. The summed E-state index contributed by atoms with van der Waals surface area (Å²) >= 11 is 0. The fourth-order valence-corrected chi connectivity index (χ4v) is 3.63. The molecule has 1 saturated carbocycles. The molecule has 2 atom stereocenters. The highest BCUT2D eigenvalue weighted by Gasteiger charge is 2.88. The Labute approximate surface area is 197 Å². The number of nitrogens with one attached hydrogen (secondary N) is 2. The van der Waals surface area contributed by atoms with Crippen molar-refractivity contribution in [2.45, 2.75) is 80.5 Å².